The summed E-state index contributed by atoms with van der Waals surface area (Å²) < 4.78 is 0. The minimum absolute atomic E-state index is 0.789. The highest BCUT2D eigenvalue weighted by Gasteiger charge is 2.28. The third-order valence-electron chi connectivity index (χ3n) is 3.88. The summed E-state index contributed by atoms with van der Waals surface area (Å²) in [4.78, 5) is 11.1. The molecule has 94 valence electrons. The Hall–Kier alpha value is -0.650. The van der Waals surface area contributed by atoms with Gasteiger partial charge in [-0.3, -0.25) is 4.90 Å². The highest BCUT2D eigenvalue weighted by Crippen LogP contribution is 2.26. The Kier molecular flexibility index (Phi) is 3.06. The van der Waals surface area contributed by atoms with Crippen LogP contribution in [0, 0.1) is 13.8 Å². The van der Waals surface area contributed by atoms with Gasteiger partial charge in [-0.05, 0) is 13.8 Å². The van der Waals surface area contributed by atoms with Gasteiger partial charge in [0.1, 0.15) is 0 Å². The third-order valence-corrected chi connectivity index (χ3v) is 5.01. The van der Waals surface area contributed by atoms with Crippen LogP contribution in [0.2, 0.25) is 0 Å². The van der Waals surface area contributed by atoms with E-state index in [0.717, 1.165) is 19.1 Å². The van der Waals surface area contributed by atoms with Crippen LogP contribution in [0.3, 0.4) is 0 Å². The van der Waals surface area contributed by atoms with E-state index in [1.807, 2.05) is 11.3 Å². The molecular weight excluding hydrogens is 232 g/mol. The molecule has 5 heteroatoms. The minimum Gasteiger partial charge on any atom is -0.346 e. The van der Waals surface area contributed by atoms with Crippen LogP contribution in [0.25, 0.3) is 0 Å². The average Bonchev–Trinajstić information content (AvgIpc) is 2.58. The van der Waals surface area contributed by atoms with E-state index < -0.39 is 0 Å². The molecule has 2 saturated heterocycles. The van der Waals surface area contributed by atoms with Crippen LogP contribution in [0.1, 0.15) is 10.6 Å². The molecule has 17 heavy (non-hydrogen) atoms. The molecule has 0 atom stereocenters. The van der Waals surface area contributed by atoms with Crippen LogP contribution in [0.5, 0.6) is 0 Å². The van der Waals surface area contributed by atoms with Crippen molar-refractivity contribution in [3.05, 3.63) is 10.6 Å². The Morgan fingerprint density at radius 3 is 2.35 bits per heavy atom. The fourth-order valence-electron chi connectivity index (χ4n) is 2.40. The molecule has 0 aliphatic carbocycles. The first kappa shape index (κ1) is 11.4. The topological polar surface area (TPSA) is 31.4 Å². The van der Waals surface area contributed by atoms with Gasteiger partial charge in [0.05, 0.1) is 5.69 Å². The maximum atomic E-state index is 4.65. The Morgan fingerprint density at radius 2 is 1.88 bits per heavy atom. The second-order valence-electron chi connectivity index (χ2n) is 4.97. The van der Waals surface area contributed by atoms with E-state index in [1.54, 1.807) is 0 Å². The van der Waals surface area contributed by atoms with Crippen molar-refractivity contribution in [2.75, 3.05) is 44.2 Å². The van der Waals surface area contributed by atoms with Crippen molar-refractivity contribution in [1.82, 2.24) is 15.2 Å². The van der Waals surface area contributed by atoms with E-state index in [-0.39, 0.29) is 0 Å². The summed E-state index contributed by atoms with van der Waals surface area (Å²) in [6.07, 6.45) is 0. The largest absolute Gasteiger partial charge is 0.346 e. The molecule has 0 unspecified atom stereocenters. The molecule has 0 spiro atoms. The number of aromatic nitrogens is 1. The van der Waals surface area contributed by atoms with Crippen molar-refractivity contribution in [3.8, 4) is 0 Å². The van der Waals surface area contributed by atoms with E-state index in [1.165, 1.54) is 41.9 Å². The number of thiazole rings is 1. The summed E-state index contributed by atoms with van der Waals surface area (Å²) in [5.41, 5.74) is 1.19. The van der Waals surface area contributed by atoms with E-state index >= 15 is 0 Å². The summed E-state index contributed by atoms with van der Waals surface area (Å²) in [6.45, 7) is 11.2. The molecule has 0 bridgehead atoms. The molecule has 2 aliphatic rings. The van der Waals surface area contributed by atoms with Crippen molar-refractivity contribution < 1.29 is 0 Å². The number of nitrogens with zero attached hydrogens (tertiary/aromatic N) is 3. The normalized spacial score (nSPS) is 22.8. The fraction of sp³-hybridized carbons (Fsp3) is 0.750. The van der Waals surface area contributed by atoms with Crippen LogP contribution in [-0.4, -0.2) is 55.2 Å². The molecule has 1 aromatic rings. The zero-order valence-corrected chi connectivity index (χ0v) is 11.4. The second-order valence-corrected chi connectivity index (χ2v) is 6.15. The fourth-order valence-corrected chi connectivity index (χ4v) is 3.36. The number of hydrogen-bond acceptors (Lipinski definition) is 5. The summed E-state index contributed by atoms with van der Waals surface area (Å²) >= 11 is 1.83. The van der Waals surface area contributed by atoms with Crippen LogP contribution < -0.4 is 10.2 Å². The standard InChI is InChI=1S/C12H20N4S/c1-9-10(2)17-12(14-9)16-5-3-15(4-6-16)11-7-13-8-11/h11,13H,3-8H2,1-2H3. The van der Waals surface area contributed by atoms with Gasteiger partial charge in [-0.15, -0.1) is 11.3 Å². The van der Waals surface area contributed by atoms with E-state index in [2.05, 4.69) is 33.9 Å². The molecular formula is C12H20N4S. The van der Waals surface area contributed by atoms with Gasteiger partial charge in [0.15, 0.2) is 5.13 Å². The lowest BCUT2D eigenvalue weighted by Crippen LogP contribution is -2.61. The first-order valence-corrected chi connectivity index (χ1v) is 7.19. The van der Waals surface area contributed by atoms with Gasteiger partial charge >= 0.3 is 0 Å². The SMILES string of the molecule is Cc1nc(N2CCN(C3CNC3)CC2)sc1C. The molecule has 3 rings (SSSR count). The maximum absolute atomic E-state index is 4.65. The summed E-state index contributed by atoms with van der Waals surface area (Å²) in [5, 5.41) is 4.56. The van der Waals surface area contributed by atoms with Crippen LogP contribution in [0.4, 0.5) is 5.13 Å². The smallest absolute Gasteiger partial charge is 0.185 e. The number of anilines is 1. The average molecular weight is 252 g/mol. The van der Waals surface area contributed by atoms with E-state index in [0.29, 0.717) is 0 Å². The molecule has 1 N–H and O–H groups in total. The maximum Gasteiger partial charge on any atom is 0.185 e. The van der Waals surface area contributed by atoms with Gasteiger partial charge in [-0.25, -0.2) is 4.98 Å². The predicted molar refractivity (Wildman–Crippen MR) is 72.0 cm³/mol. The van der Waals surface area contributed by atoms with Crippen LogP contribution in [-0.2, 0) is 0 Å². The van der Waals surface area contributed by atoms with E-state index in [4.69, 9.17) is 0 Å². The van der Waals surface area contributed by atoms with Crippen molar-refractivity contribution in [1.29, 1.82) is 0 Å². The Balaban J connectivity index is 1.60. The zero-order valence-electron chi connectivity index (χ0n) is 10.6. The van der Waals surface area contributed by atoms with Gasteiger partial charge in [-0.2, -0.15) is 0 Å². The lowest BCUT2D eigenvalue weighted by Gasteiger charge is -2.43. The van der Waals surface area contributed by atoms with Crippen LogP contribution in [0.15, 0.2) is 0 Å². The molecule has 1 aromatic heterocycles. The molecule has 4 nitrogen and oxygen atoms in total. The van der Waals surface area contributed by atoms with Crippen molar-refractivity contribution in [3.63, 3.8) is 0 Å². The van der Waals surface area contributed by atoms with Gasteiger partial charge in [0.25, 0.3) is 0 Å². The first-order valence-electron chi connectivity index (χ1n) is 6.38. The highest BCUT2D eigenvalue weighted by atomic mass is 32.1. The van der Waals surface area contributed by atoms with Gasteiger partial charge < -0.3 is 10.2 Å². The number of piperazine rings is 1. The van der Waals surface area contributed by atoms with Gasteiger partial charge in [-0.1, -0.05) is 0 Å². The Labute approximate surface area is 107 Å². The summed E-state index contributed by atoms with van der Waals surface area (Å²) in [6, 6.07) is 0.789. The monoisotopic (exact) mass is 252 g/mol. The Morgan fingerprint density at radius 1 is 1.18 bits per heavy atom. The Bertz CT molecular complexity index is 372. The molecule has 0 radical (unpaired) electrons. The zero-order chi connectivity index (χ0) is 11.8. The highest BCUT2D eigenvalue weighted by molar-refractivity contribution is 7.15. The number of hydrogen-bond donors (Lipinski definition) is 1. The molecule has 0 aromatic carbocycles. The molecule has 3 heterocycles. The predicted octanol–water partition coefficient (Wildman–Crippen LogP) is 0.854. The summed E-state index contributed by atoms with van der Waals surface area (Å²) in [5.74, 6) is 0. The number of nitrogens with one attached hydrogen (secondary N) is 1. The lowest BCUT2D eigenvalue weighted by molar-refractivity contribution is 0.138. The van der Waals surface area contributed by atoms with Crippen molar-refractivity contribution >= 4 is 16.5 Å². The summed E-state index contributed by atoms with van der Waals surface area (Å²) in [7, 11) is 0. The van der Waals surface area contributed by atoms with Gasteiger partial charge in [0, 0.05) is 50.2 Å². The molecule has 2 aliphatic heterocycles. The molecule has 2 fully saturated rings. The third kappa shape index (κ3) is 2.19. The van der Waals surface area contributed by atoms with Crippen LogP contribution >= 0.6 is 11.3 Å². The second kappa shape index (κ2) is 4.55. The number of rotatable bonds is 2. The first-order chi connectivity index (χ1) is 8.24. The lowest BCUT2D eigenvalue weighted by atomic mass is 10.1. The number of aryl methyl sites for hydroxylation is 2. The quantitative estimate of drug-likeness (QED) is 0.846. The molecule has 0 saturated carbocycles. The van der Waals surface area contributed by atoms with E-state index in [9.17, 15) is 0 Å². The van der Waals surface area contributed by atoms with Gasteiger partial charge in [0.2, 0.25) is 0 Å². The molecule has 0 amide bonds. The minimum atomic E-state index is 0.789. The van der Waals surface area contributed by atoms with Crippen molar-refractivity contribution in [2.24, 2.45) is 0 Å². The van der Waals surface area contributed by atoms with Crippen molar-refractivity contribution in [2.45, 2.75) is 19.9 Å².